The highest BCUT2D eigenvalue weighted by atomic mass is 35.5. The molecule has 0 aliphatic heterocycles. The molecule has 0 heterocycles. The molecule has 0 saturated carbocycles. The van der Waals surface area contributed by atoms with Crippen molar-refractivity contribution >= 4 is 17.5 Å². The SMILES string of the molecule is CC[C@@H](CO)NC(=O)COc1ccccc1Cl. The van der Waals surface area contributed by atoms with Gasteiger partial charge >= 0.3 is 0 Å². The third-order valence-corrected chi connectivity index (χ3v) is 2.59. The van der Waals surface area contributed by atoms with Gasteiger partial charge in [0.2, 0.25) is 0 Å². The molecule has 2 N–H and O–H groups in total. The van der Waals surface area contributed by atoms with E-state index in [-0.39, 0.29) is 25.2 Å². The Morgan fingerprint density at radius 2 is 2.24 bits per heavy atom. The molecule has 0 aromatic heterocycles. The van der Waals surface area contributed by atoms with Crippen LogP contribution in [-0.4, -0.2) is 30.3 Å². The predicted molar refractivity (Wildman–Crippen MR) is 66.3 cm³/mol. The molecule has 0 fully saturated rings. The fraction of sp³-hybridized carbons (Fsp3) is 0.417. The normalized spacial score (nSPS) is 11.9. The summed E-state index contributed by atoms with van der Waals surface area (Å²) in [6.45, 7) is 1.70. The first-order chi connectivity index (χ1) is 8.17. The molecule has 94 valence electrons. The van der Waals surface area contributed by atoms with Gasteiger partial charge in [-0.15, -0.1) is 0 Å². The molecule has 1 rings (SSSR count). The highest BCUT2D eigenvalue weighted by Crippen LogP contribution is 2.22. The monoisotopic (exact) mass is 257 g/mol. The zero-order valence-electron chi connectivity index (χ0n) is 9.65. The number of nitrogens with one attached hydrogen (secondary N) is 1. The minimum atomic E-state index is -0.272. The van der Waals surface area contributed by atoms with Gasteiger partial charge in [0.15, 0.2) is 6.61 Å². The van der Waals surface area contributed by atoms with Crippen molar-refractivity contribution in [1.82, 2.24) is 5.32 Å². The van der Waals surface area contributed by atoms with Gasteiger partial charge in [0.1, 0.15) is 5.75 Å². The van der Waals surface area contributed by atoms with Gasteiger partial charge < -0.3 is 15.2 Å². The minimum absolute atomic E-state index is 0.0751. The van der Waals surface area contributed by atoms with Crippen LogP contribution in [0.4, 0.5) is 0 Å². The fourth-order valence-electron chi connectivity index (χ4n) is 1.25. The standard InChI is InChI=1S/C12H16ClNO3/c1-2-9(7-15)14-12(16)8-17-11-6-4-3-5-10(11)13/h3-6,9,15H,2,7-8H2,1H3,(H,14,16)/t9-/m0/s1. The van der Waals surface area contributed by atoms with Crippen LogP contribution < -0.4 is 10.1 Å². The molecule has 5 heteroatoms. The summed E-state index contributed by atoms with van der Waals surface area (Å²) in [6.07, 6.45) is 0.675. The Morgan fingerprint density at radius 3 is 2.82 bits per heavy atom. The largest absolute Gasteiger partial charge is 0.482 e. The van der Waals surface area contributed by atoms with Crippen molar-refractivity contribution < 1.29 is 14.6 Å². The number of amides is 1. The summed E-state index contributed by atoms with van der Waals surface area (Å²) in [5.74, 6) is 0.201. The Morgan fingerprint density at radius 1 is 1.53 bits per heavy atom. The quantitative estimate of drug-likeness (QED) is 0.814. The molecule has 1 aromatic rings. The van der Waals surface area contributed by atoms with Gasteiger partial charge in [-0.25, -0.2) is 0 Å². The molecule has 0 radical (unpaired) electrons. The summed E-state index contributed by atoms with van der Waals surface area (Å²) in [5, 5.41) is 12.0. The van der Waals surface area contributed by atoms with Crippen molar-refractivity contribution in [3.05, 3.63) is 29.3 Å². The number of halogens is 1. The minimum Gasteiger partial charge on any atom is -0.482 e. The number of ether oxygens (including phenoxy) is 1. The Bertz CT molecular complexity index is 367. The van der Waals surface area contributed by atoms with E-state index in [2.05, 4.69) is 5.32 Å². The molecule has 4 nitrogen and oxygen atoms in total. The molecule has 0 spiro atoms. The maximum absolute atomic E-state index is 11.5. The maximum Gasteiger partial charge on any atom is 0.258 e. The highest BCUT2D eigenvalue weighted by Gasteiger charge is 2.10. The Hall–Kier alpha value is -1.26. The first kappa shape index (κ1) is 13.8. The van der Waals surface area contributed by atoms with Gasteiger partial charge in [-0.05, 0) is 18.6 Å². The highest BCUT2D eigenvalue weighted by molar-refractivity contribution is 6.32. The summed E-state index contributed by atoms with van der Waals surface area (Å²) >= 11 is 5.87. The van der Waals surface area contributed by atoms with Gasteiger partial charge in [0.05, 0.1) is 17.7 Å². The van der Waals surface area contributed by atoms with Gasteiger partial charge in [0.25, 0.3) is 5.91 Å². The summed E-state index contributed by atoms with van der Waals surface area (Å²) in [6, 6.07) is 6.73. The topological polar surface area (TPSA) is 58.6 Å². The van der Waals surface area contributed by atoms with Crippen LogP contribution in [0.5, 0.6) is 5.75 Å². The number of hydrogen-bond acceptors (Lipinski definition) is 3. The number of para-hydroxylation sites is 1. The van der Waals surface area contributed by atoms with Gasteiger partial charge in [0, 0.05) is 0 Å². The summed E-state index contributed by atoms with van der Waals surface area (Å²) in [4.78, 5) is 11.5. The molecular weight excluding hydrogens is 242 g/mol. The molecule has 1 aromatic carbocycles. The van der Waals surface area contributed by atoms with Crippen molar-refractivity contribution in [2.75, 3.05) is 13.2 Å². The first-order valence-corrected chi connectivity index (χ1v) is 5.82. The van der Waals surface area contributed by atoms with E-state index in [1.54, 1.807) is 24.3 Å². The molecule has 0 unspecified atom stereocenters. The third-order valence-electron chi connectivity index (χ3n) is 2.27. The molecule has 0 aliphatic rings. The van der Waals surface area contributed by atoms with Crippen LogP contribution in [-0.2, 0) is 4.79 Å². The first-order valence-electron chi connectivity index (χ1n) is 5.45. The van der Waals surface area contributed by atoms with Crippen molar-refractivity contribution in [2.24, 2.45) is 0 Å². The fourth-order valence-corrected chi connectivity index (χ4v) is 1.44. The molecule has 1 amide bonds. The van der Waals surface area contributed by atoms with Crippen LogP contribution in [0, 0.1) is 0 Å². The lowest BCUT2D eigenvalue weighted by Crippen LogP contribution is -2.39. The van der Waals surface area contributed by atoms with E-state index in [1.165, 1.54) is 0 Å². The van der Waals surface area contributed by atoms with E-state index in [1.807, 2.05) is 6.92 Å². The molecule has 0 saturated heterocycles. The second-order valence-corrected chi connectivity index (χ2v) is 3.98. The zero-order valence-corrected chi connectivity index (χ0v) is 10.4. The third kappa shape index (κ3) is 4.63. The van der Waals surface area contributed by atoms with Crippen molar-refractivity contribution in [3.8, 4) is 5.75 Å². The van der Waals surface area contributed by atoms with E-state index >= 15 is 0 Å². The number of aliphatic hydroxyl groups is 1. The second-order valence-electron chi connectivity index (χ2n) is 3.57. The zero-order chi connectivity index (χ0) is 12.7. The van der Waals surface area contributed by atoms with E-state index in [0.29, 0.717) is 17.2 Å². The lowest BCUT2D eigenvalue weighted by Gasteiger charge is -2.14. The average molecular weight is 258 g/mol. The summed E-state index contributed by atoms with van der Waals surface area (Å²) < 4.78 is 5.26. The average Bonchev–Trinajstić information content (AvgIpc) is 2.35. The van der Waals surface area contributed by atoms with Crippen LogP contribution in [0.1, 0.15) is 13.3 Å². The van der Waals surface area contributed by atoms with Crippen LogP contribution in [0.2, 0.25) is 5.02 Å². The molecule has 17 heavy (non-hydrogen) atoms. The number of benzene rings is 1. The Kier molecular flexibility index (Phi) is 5.80. The number of carbonyl (C=O) groups excluding carboxylic acids is 1. The van der Waals surface area contributed by atoms with Crippen molar-refractivity contribution in [2.45, 2.75) is 19.4 Å². The van der Waals surface area contributed by atoms with Crippen LogP contribution >= 0.6 is 11.6 Å². The lowest BCUT2D eigenvalue weighted by molar-refractivity contribution is -0.124. The smallest absolute Gasteiger partial charge is 0.258 e. The Labute approximate surface area is 106 Å². The maximum atomic E-state index is 11.5. The van der Waals surface area contributed by atoms with E-state index < -0.39 is 0 Å². The van der Waals surface area contributed by atoms with Gasteiger partial charge in [-0.3, -0.25) is 4.79 Å². The summed E-state index contributed by atoms with van der Waals surface area (Å²) in [7, 11) is 0. The van der Waals surface area contributed by atoms with E-state index in [4.69, 9.17) is 21.4 Å². The number of aliphatic hydroxyl groups excluding tert-OH is 1. The van der Waals surface area contributed by atoms with E-state index in [9.17, 15) is 4.79 Å². The van der Waals surface area contributed by atoms with E-state index in [0.717, 1.165) is 0 Å². The number of carbonyl (C=O) groups is 1. The van der Waals surface area contributed by atoms with Gasteiger partial charge in [-0.1, -0.05) is 30.7 Å². The predicted octanol–water partition coefficient (Wildman–Crippen LogP) is 1.61. The lowest BCUT2D eigenvalue weighted by atomic mass is 10.2. The van der Waals surface area contributed by atoms with Crippen LogP contribution in [0.3, 0.4) is 0 Å². The Balaban J connectivity index is 2.41. The van der Waals surface area contributed by atoms with Crippen molar-refractivity contribution in [1.29, 1.82) is 0 Å². The number of hydrogen-bond donors (Lipinski definition) is 2. The molecule has 0 aliphatic carbocycles. The van der Waals surface area contributed by atoms with Crippen LogP contribution in [0.25, 0.3) is 0 Å². The van der Waals surface area contributed by atoms with Crippen LogP contribution in [0.15, 0.2) is 24.3 Å². The molecule has 0 bridgehead atoms. The molecule has 1 atom stereocenters. The molecular formula is C12H16ClNO3. The second kappa shape index (κ2) is 7.14. The van der Waals surface area contributed by atoms with Crippen molar-refractivity contribution in [3.63, 3.8) is 0 Å². The summed E-state index contributed by atoms with van der Waals surface area (Å²) in [5.41, 5.74) is 0. The number of rotatable bonds is 6. The van der Waals surface area contributed by atoms with Gasteiger partial charge in [-0.2, -0.15) is 0 Å².